The molecule has 12 heteroatoms. The van der Waals surface area contributed by atoms with E-state index in [-0.39, 0.29) is 0 Å². The molecule has 0 saturated carbocycles. The number of rotatable bonds is 28. The van der Waals surface area contributed by atoms with Crippen LogP contribution in [0.25, 0.3) is 89.7 Å². The predicted molar refractivity (Wildman–Crippen MR) is 311 cm³/mol. The second kappa shape index (κ2) is 26.0. The van der Waals surface area contributed by atoms with E-state index in [4.69, 9.17) is 48.9 Å². The average Bonchev–Trinajstić information content (AvgIpc) is 4.21. The minimum absolute atomic E-state index is 0.420. The highest BCUT2D eigenvalue weighted by molar-refractivity contribution is 6.10. The van der Waals surface area contributed by atoms with E-state index in [1.54, 1.807) is 0 Å². The Morgan fingerprint density at radius 2 is 0.671 bits per heavy atom. The molecular weight excluding hydrogens is 945 g/mol. The lowest BCUT2D eigenvalue weighted by atomic mass is 10.0. The van der Waals surface area contributed by atoms with Crippen LogP contribution in [0.2, 0.25) is 0 Å². The first-order chi connectivity index (χ1) is 37.3. The van der Waals surface area contributed by atoms with Crippen LogP contribution < -0.4 is 18.9 Å². The molecule has 2 aliphatic heterocycles. The summed E-state index contributed by atoms with van der Waals surface area (Å²) in [7, 11) is 0. The monoisotopic (exact) mass is 1030 g/mol. The van der Waals surface area contributed by atoms with E-state index in [0.717, 1.165) is 170 Å². The number of hydrogen-bond donors (Lipinski definition) is 2. The zero-order valence-corrected chi connectivity index (χ0v) is 46.7. The molecule has 76 heavy (non-hydrogen) atoms. The van der Waals surface area contributed by atoms with Crippen molar-refractivity contribution in [3.63, 3.8) is 0 Å². The van der Waals surface area contributed by atoms with Gasteiger partial charge in [-0.1, -0.05) is 181 Å². The van der Waals surface area contributed by atoms with Crippen LogP contribution in [0, 0.1) is 23.7 Å². The number of fused-ring (bicyclic) bond motifs is 20. The van der Waals surface area contributed by atoms with E-state index in [1.807, 2.05) is 48.5 Å². The van der Waals surface area contributed by atoms with Gasteiger partial charge >= 0.3 is 0 Å². The highest BCUT2D eigenvalue weighted by Gasteiger charge is 2.28. The molecule has 8 bridgehead atoms. The van der Waals surface area contributed by atoms with E-state index in [1.165, 1.54) is 0 Å². The van der Waals surface area contributed by atoms with Crippen LogP contribution >= 0.6 is 0 Å². The van der Waals surface area contributed by atoms with Gasteiger partial charge in [-0.15, -0.1) is 0 Å². The lowest BCUT2D eigenvalue weighted by molar-refractivity contribution is 0.234. The van der Waals surface area contributed by atoms with Crippen LogP contribution in [-0.2, 0) is 0 Å². The third kappa shape index (κ3) is 12.0. The molecule has 0 spiro atoms. The van der Waals surface area contributed by atoms with Gasteiger partial charge in [0.2, 0.25) is 0 Å². The van der Waals surface area contributed by atoms with Gasteiger partial charge in [0.1, 0.15) is 45.6 Å². The van der Waals surface area contributed by atoms with Crippen molar-refractivity contribution in [2.75, 3.05) is 26.4 Å². The van der Waals surface area contributed by atoms with Gasteiger partial charge in [-0.3, -0.25) is 0 Å². The molecule has 0 radical (unpaired) electrons. The molecule has 0 aliphatic carbocycles. The van der Waals surface area contributed by atoms with Crippen molar-refractivity contribution < 1.29 is 18.9 Å². The molecule has 3 aromatic heterocycles. The third-order valence-electron chi connectivity index (χ3n) is 15.9. The van der Waals surface area contributed by atoms with Crippen LogP contribution in [0.1, 0.15) is 158 Å². The Hall–Kier alpha value is -6.56. The zero-order valence-electron chi connectivity index (χ0n) is 46.7. The van der Waals surface area contributed by atoms with Crippen LogP contribution in [-0.4, -0.2) is 66.3 Å². The van der Waals surface area contributed by atoms with Crippen molar-refractivity contribution in [3.8, 4) is 68.5 Å². The summed E-state index contributed by atoms with van der Waals surface area (Å²) in [6.07, 6.45) is 17.8. The number of unbranched alkanes of at least 4 members (excludes halogenated alkanes) is 4. The van der Waals surface area contributed by atoms with Gasteiger partial charge in [-0.25, -0.2) is 29.9 Å². The molecule has 4 unspecified atom stereocenters. The van der Waals surface area contributed by atoms with Crippen LogP contribution in [0.5, 0.6) is 23.0 Å². The van der Waals surface area contributed by atoms with Gasteiger partial charge in [0.15, 0.2) is 23.3 Å². The first kappa shape index (κ1) is 54.2. The fourth-order valence-corrected chi connectivity index (χ4v) is 10.8. The lowest BCUT2D eigenvalue weighted by Gasteiger charge is -2.17. The number of hydrogen-bond acceptors (Lipinski definition) is 10. The van der Waals surface area contributed by atoms with Gasteiger partial charge in [0, 0.05) is 21.9 Å². The summed E-state index contributed by atoms with van der Waals surface area (Å²) in [5.41, 5.74) is 5.61. The molecule has 2 aliphatic rings. The fraction of sp³-hybridized carbons (Fsp3) is 0.500. The second-order valence-electron chi connectivity index (χ2n) is 21.2. The minimum atomic E-state index is 0.420. The summed E-state index contributed by atoms with van der Waals surface area (Å²) < 4.78 is 27.4. The first-order valence-corrected chi connectivity index (χ1v) is 29.2. The number of ether oxygens (including phenoxy) is 4. The maximum absolute atomic E-state index is 6.84. The highest BCUT2D eigenvalue weighted by atomic mass is 16.5. The summed E-state index contributed by atoms with van der Waals surface area (Å²) >= 11 is 0. The number of nitrogens with zero attached hydrogens (tertiary/aromatic N) is 6. The Balaban J connectivity index is 1.33. The van der Waals surface area contributed by atoms with E-state index in [0.29, 0.717) is 96.0 Å². The molecular formula is C64H82N8O4. The zero-order chi connectivity index (χ0) is 53.0. The van der Waals surface area contributed by atoms with Crippen molar-refractivity contribution in [2.24, 2.45) is 23.7 Å². The third-order valence-corrected chi connectivity index (χ3v) is 15.9. The maximum Gasteiger partial charge on any atom is 0.168 e. The Morgan fingerprint density at radius 1 is 0.355 bits per heavy atom. The molecule has 2 N–H and O–H groups in total. The largest absolute Gasteiger partial charge is 0.493 e. The summed E-state index contributed by atoms with van der Waals surface area (Å²) in [4.78, 5) is 39.9. The molecule has 402 valence electrons. The Labute approximate surface area is 450 Å². The standard InChI is InChI=1S/C64H82N8O4/c1-9-17-25-41(13-5)37-73-49-33-21-29-45-53(49)61-67-57(45)65-58-47-31-23-35-51(75-39-43(15-7)27-19-11-3)55(47)63(69-58)72-64-56-48(32-24-36-52(56)76-40-44(16-8)28-20-12-4)60(70-64)66-59-46-30-22-34-50(54(46)62(68-59)71-61)74-38-42(14-6)26-18-10-2/h21-24,29-36,41-44H,9-20,25-28,37-40H2,1-8H3,(H2,65,66,67,68,69,70,71,72). The molecule has 12 nitrogen and oxygen atoms in total. The number of H-pyrrole nitrogens is 2. The number of aromatic amines is 2. The SMILES string of the molecule is CCCCC(CC)COc1cccc2c1-c1nc-2nc2[nH]c(nc3nc(nc4[nH]c(n1)c1c(OCC(CC)CCCC)cccc41)-c1cccc(OCC(CC)CCCC)c1-3)c1c(OCC(CC)CCCC)cccc21. The van der Waals surface area contributed by atoms with Gasteiger partial charge < -0.3 is 28.9 Å². The second-order valence-corrected chi connectivity index (χ2v) is 21.2. The summed E-state index contributed by atoms with van der Waals surface area (Å²) in [6.45, 7) is 20.4. The minimum Gasteiger partial charge on any atom is -0.493 e. The van der Waals surface area contributed by atoms with E-state index in [2.05, 4.69) is 89.6 Å². The Bertz CT molecular complexity index is 3020. The predicted octanol–water partition coefficient (Wildman–Crippen LogP) is 17.2. The van der Waals surface area contributed by atoms with Crippen LogP contribution in [0.3, 0.4) is 0 Å². The van der Waals surface area contributed by atoms with Gasteiger partial charge in [0.25, 0.3) is 0 Å². The number of nitrogens with one attached hydrogen (secondary N) is 2. The molecule has 0 fully saturated rings. The maximum atomic E-state index is 6.84. The molecule has 0 amide bonds. The molecule has 0 saturated heterocycles. The van der Waals surface area contributed by atoms with Gasteiger partial charge in [0.05, 0.1) is 48.3 Å². The van der Waals surface area contributed by atoms with Crippen LogP contribution in [0.4, 0.5) is 0 Å². The summed E-state index contributed by atoms with van der Waals surface area (Å²) in [5.74, 6) is 6.61. The summed E-state index contributed by atoms with van der Waals surface area (Å²) in [5, 5.41) is 3.36. The lowest BCUT2D eigenvalue weighted by Crippen LogP contribution is -2.11. The Kier molecular flexibility index (Phi) is 18.5. The molecule has 4 aromatic carbocycles. The average molecular weight is 1030 g/mol. The number of benzene rings is 4. The van der Waals surface area contributed by atoms with Crippen molar-refractivity contribution in [1.29, 1.82) is 0 Å². The van der Waals surface area contributed by atoms with Gasteiger partial charge in [-0.05, 0) is 73.6 Å². The van der Waals surface area contributed by atoms with E-state index in [9.17, 15) is 0 Å². The van der Waals surface area contributed by atoms with E-state index < -0.39 is 0 Å². The summed E-state index contributed by atoms with van der Waals surface area (Å²) in [6, 6.07) is 24.6. The molecule has 5 heterocycles. The van der Waals surface area contributed by atoms with Crippen molar-refractivity contribution >= 4 is 44.1 Å². The van der Waals surface area contributed by atoms with Crippen molar-refractivity contribution in [1.82, 2.24) is 39.9 Å². The number of aromatic nitrogens is 8. The van der Waals surface area contributed by atoms with Crippen molar-refractivity contribution in [3.05, 3.63) is 72.8 Å². The first-order valence-electron chi connectivity index (χ1n) is 29.2. The Morgan fingerprint density at radius 3 is 1.01 bits per heavy atom. The normalized spacial score (nSPS) is 13.6. The fourth-order valence-electron chi connectivity index (χ4n) is 10.8. The topological polar surface area (TPSA) is 146 Å². The van der Waals surface area contributed by atoms with Crippen molar-refractivity contribution in [2.45, 2.75) is 158 Å². The molecule has 9 rings (SSSR count). The molecule has 4 atom stereocenters. The quantitative estimate of drug-likeness (QED) is 0.0486. The molecule has 7 aromatic rings. The highest BCUT2D eigenvalue weighted by Crippen LogP contribution is 2.45. The van der Waals surface area contributed by atoms with E-state index >= 15 is 0 Å². The smallest absolute Gasteiger partial charge is 0.168 e. The van der Waals surface area contributed by atoms with Crippen LogP contribution in [0.15, 0.2) is 72.8 Å². The van der Waals surface area contributed by atoms with Gasteiger partial charge in [-0.2, -0.15) is 0 Å².